The first kappa shape index (κ1) is 14.9. The lowest BCUT2D eigenvalue weighted by atomic mass is 9.94. The number of carbonyl (C=O) groups excluding carboxylic acids is 1. The molecule has 0 aromatic heterocycles. The lowest BCUT2D eigenvalue weighted by molar-refractivity contribution is 0.0589. The topological polar surface area (TPSA) is 41.6 Å². The molecule has 20 heavy (non-hydrogen) atoms. The molecule has 1 aliphatic heterocycles. The molecule has 0 saturated carbocycles. The molecule has 1 aromatic carbocycles. The lowest BCUT2D eigenvalue weighted by Crippen LogP contribution is -2.43. The molecule has 1 heterocycles. The molecule has 4 nitrogen and oxygen atoms in total. The Morgan fingerprint density at radius 2 is 2.10 bits per heavy atom. The molecule has 0 radical (unpaired) electrons. The second kappa shape index (κ2) is 5.83. The molecule has 1 fully saturated rings. The Morgan fingerprint density at radius 1 is 1.40 bits per heavy atom. The Bertz CT molecular complexity index is 476. The number of hydrogen-bond acceptors (Lipinski definition) is 3. The third-order valence-electron chi connectivity index (χ3n) is 3.36. The van der Waals surface area contributed by atoms with Crippen LogP contribution in [0.4, 0.5) is 10.5 Å². The van der Waals surface area contributed by atoms with E-state index in [1.807, 2.05) is 32.9 Å². The summed E-state index contributed by atoms with van der Waals surface area (Å²) in [5.74, 6) is 0.720. The molecule has 0 spiro atoms. The molecule has 4 heteroatoms. The first-order chi connectivity index (χ1) is 9.35. The second-order valence-electron chi connectivity index (χ2n) is 6.44. The van der Waals surface area contributed by atoms with Crippen LogP contribution in [0.1, 0.15) is 26.3 Å². The third kappa shape index (κ3) is 3.97. The summed E-state index contributed by atoms with van der Waals surface area (Å²) in [5, 5.41) is 3.28. The minimum absolute atomic E-state index is 0.319. The number of carbonyl (C=O) groups is 1. The minimum atomic E-state index is -0.472. The van der Waals surface area contributed by atoms with Gasteiger partial charge in [-0.1, -0.05) is 12.1 Å². The van der Waals surface area contributed by atoms with E-state index in [0.29, 0.717) is 0 Å². The van der Waals surface area contributed by atoms with Gasteiger partial charge in [-0.3, -0.25) is 4.90 Å². The maximum atomic E-state index is 12.1. The van der Waals surface area contributed by atoms with E-state index in [1.165, 1.54) is 5.56 Å². The first-order valence-electron chi connectivity index (χ1n) is 7.11. The van der Waals surface area contributed by atoms with E-state index in [4.69, 9.17) is 4.74 Å². The number of hydrogen-bond donors (Lipinski definition) is 1. The number of nitrogens with one attached hydrogen (secondary N) is 1. The Labute approximate surface area is 121 Å². The largest absolute Gasteiger partial charge is 0.443 e. The number of nitrogens with zero attached hydrogens (tertiary/aromatic N) is 1. The SMILES string of the molecule is CN(C(=O)OC(C)(C)C)c1cccc(CC2CNC2)c1. The van der Waals surface area contributed by atoms with Gasteiger partial charge in [0, 0.05) is 12.7 Å². The van der Waals surface area contributed by atoms with E-state index < -0.39 is 5.60 Å². The molecule has 0 unspecified atom stereocenters. The summed E-state index contributed by atoms with van der Waals surface area (Å²) in [7, 11) is 1.75. The number of amides is 1. The van der Waals surface area contributed by atoms with Gasteiger partial charge in [-0.25, -0.2) is 4.79 Å². The summed E-state index contributed by atoms with van der Waals surface area (Å²) in [5.41, 5.74) is 1.68. The zero-order chi connectivity index (χ0) is 14.8. The number of benzene rings is 1. The lowest BCUT2D eigenvalue weighted by Gasteiger charge is -2.28. The second-order valence-corrected chi connectivity index (χ2v) is 6.44. The maximum absolute atomic E-state index is 12.1. The summed E-state index contributed by atoms with van der Waals surface area (Å²) in [6, 6.07) is 8.12. The molecule has 1 aliphatic rings. The smallest absolute Gasteiger partial charge is 0.414 e. The van der Waals surface area contributed by atoms with Crippen LogP contribution < -0.4 is 10.2 Å². The van der Waals surface area contributed by atoms with Gasteiger partial charge in [0.1, 0.15) is 5.60 Å². The van der Waals surface area contributed by atoms with Gasteiger partial charge in [-0.05, 0) is 63.9 Å². The molecule has 0 atom stereocenters. The van der Waals surface area contributed by atoms with Crippen LogP contribution in [0.2, 0.25) is 0 Å². The molecule has 0 aliphatic carbocycles. The van der Waals surface area contributed by atoms with Crippen molar-refractivity contribution in [1.82, 2.24) is 5.32 Å². The van der Waals surface area contributed by atoms with Gasteiger partial charge in [0.15, 0.2) is 0 Å². The fourth-order valence-corrected chi connectivity index (χ4v) is 2.15. The maximum Gasteiger partial charge on any atom is 0.414 e. The van der Waals surface area contributed by atoms with Crippen molar-refractivity contribution in [3.63, 3.8) is 0 Å². The van der Waals surface area contributed by atoms with Crippen molar-refractivity contribution in [2.24, 2.45) is 5.92 Å². The predicted octanol–water partition coefficient (Wildman–Crippen LogP) is 2.82. The first-order valence-corrected chi connectivity index (χ1v) is 7.11. The van der Waals surface area contributed by atoms with Crippen LogP contribution in [0.3, 0.4) is 0 Å². The van der Waals surface area contributed by atoms with Gasteiger partial charge in [-0.15, -0.1) is 0 Å². The molecular weight excluding hydrogens is 252 g/mol. The van der Waals surface area contributed by atoms with Crippen LogP contribution in [0.5, 0.6) is 0 Å². The molecule has 110 valence electrons. The van der Waals surface area contributed by atoms with Gasteiger partial charge in [0.25, 0.3) is 0 Å². The van der Waals surface area contributed by atoms with Crippen molar-refractivity contribution < 1.29 is 9.53 Å². The van der Waals surface area contributed by atoms with Gasteiger partial charge in [0.05, 0.1) is 0 Å². The van der Waals surface area contributed by atoms with E-state index in [9.17, 15) is 4.79 Å². The van der Waals surface area contributed by atoms with Gasteiger partial charge in [-0.2, -0.15) is 0 Å². The van der Waals surface area contributed by atoms with Crippen molar-refractivity contribution in [2.75, 3.05) is 25.0 Å². The summed E-state index contributed by atoms with van der Waals surface area (Å²) in [6.45, 7) is 7.80. The van der Waals surface area contributed by atoms with Crippen LogP contribution in [0.25, 0.3) is 0 Å². The van der Waals surface area contributed by atoms with Crippen LogP contribution in [0.15, 0.2) is 24.3 Å². The van der Waals surface area contributed by atoms with Crippen molar-refractivity contribution in [1.29, 1.82) is 0 Å². The van der Waals surface area contributed by atoms with Crippen LogP contribution in [-0.2, 0) is 11.2 Å². The normalized spacial score (nSPS) is 15.6. The molecular formula is C16H24N2O2. The Balaban J connectivity index is 2.03. The van der Waals surface area contributed by atoms with E-state index in [-0.39, 0.29) is 6.09 Å². The zero-order valence-electron chi connectivity index (χ0n) is 12.8. The van der Waals surface area contributed by atoms with Crippen LogP contribution in [0, 0.1) is 5.92 Å². The van der Waals surface area contributed by atoms with E-state index >= 15 is 0 Å². The van der Waals surface area contributed by atoms with E-state index in [2.05, 4.69) is 17.4 Å². The number of anilines is 1. The quantitative estimate of drug-likeness (QED) is 0.923. The fourth-order valence-electron chi connectivity index (χ4n) is 2.15. The molecule has 1 saturated heterocycles. The Hall–Kier alpha value is -1.55. The van der Waals surface area contributed by atoms with E-state index in [0.717, 1.165) is 31.1 Å². The highest BCUT2D eigenvalue weighted by Crippen LogP contribution is 2.20. The highest BCUT2D eigenvalue weighted by atomic mass is 16.6. The average Bonchev–Trinajstić information content (AvgIpc) is 2.31. The van der Waals surface area contributed by atoms with Crippen molar-refractivity contribution in [3.05, 3.63) is 29.8 Å². The fraction of sp³-hybridized carbons (Fsp3) is 0.562. The summed E-state index contributed by atoms with van der Waals surface area (Å²) in [4.78, 5) is 13.6. The standard InChI is InChI=1S/C16H24N2O2/c1-16(2,3)20-15(19)18(4)14-7-5-6-12(9-14)8-13-10-17-11-13/h5-7,9,13,17H,8,10-11H2,1-4H3. The Morgan fingerprint density at radius 3 is 2.65 bits per heavy atom. The van der Waals surface area contributed by atoms with Crippen LogP contribution in [-0.4, -0.2) is 31.8 Å². The van der Waals surface area contributed by atoms with Crippen molar-refractivity contribution in [2.45, 2.75) is 32.8 Å². The summed E-state index contributed by atoms with van der Waals surface area (Å²) in [6.07, 6.45) is 0.739. The Kier molecular flexibility index (Phi) is 4.33. The van der Waals surface area contributed by atoms with Gasteiger partial charge in [0.2, 0.25) is 0 Å². The average molecular weight is 276 g/mol. The van der Waals surface area contributed by atoms with E-state index in [1.54, 1.807) is 11.9 Å². The number of ether oxygens (including phenoxy) is 1. The van der Waals surface area contributed by atoms with Crippen molar-refractivity contribution in [3.8, 4) is 0 Å². The highest BCUT2D eigenvalue weighted by Gasteiger charge is 2.21. The molecule has 1 N–H and O–H groups in total. The highest BCUT2D eigenvalue weighted by molar-refractivity contribution is 5.87. The predicted molar refractivity (Wildman–Crippen MR) is 81.1 cm³/mol. The zero-order valence-corrected chi connectivity index (χ0v) is 12.8. The summed E-state index contributed by atoms with van der Waals surface area (Å²) >= 11 is 0. The summed E-state index contributed by atoms with van der Waals surface area (Å²) < 4.78 is 5.38. The van der Waals surface area contributed by atoms with Crippen molar-refractivity contribution >= 4 is 11.8 Å². The van der Waals surface area contributed by atoms with Gasteiger partial charge >= 0.3 is 6.09 Å². The monoisotopic (exact) mass is 276 g/mol. The molecule has 1 aromatic rings. The number of rotatable bonds is 3. The molecule has 0 bridgehead atoms. The third-order valence-corrected chi connectivity index (χ3v) is 3.36. The minimum Gasteiger partial charge on any atom is -0.443 e. The van der Waals surface area contributed by atoms with Gasteiger partial charge < -0.3 is 10.1 Å². The molecule has 1 amide bonds. The van der Waals surface area contributed by atoms with Crippen LogP contribution >= 0.6 is 0 Å². The molecule has 2 rings (SSSR count).